The first-order chi connectivity index (χ1) is 18.3. The van der Waals surface area contributed by atoms with Crippen LogP contribution in [0.3, 0.4) is 0 Å². The molecule has 1 fully saturated rings. The lowest BCUT2D eigenvalue weighted by Gasteiger charge is -2.35. The molecule has 38 heavy (non-hydrogen) atoms. The second kappa shape index (κ2) is 12.5. The fourth-order valence-electron chi connectivity index (χ4n) is 4.13. The van der Waals surface area contributed by atoms with Gasteiger partial charge in [0.25, 0.3) is 5.91 Å². The number of para-hydroxylation sites is 2. The minimum absolute atomic E-state index is 0.264. The number of piperazine rings is 1. The van der Waals surface area contributed by atoms with Gasteiger partial charge in [-0.3, -0.25) is 14.7 Å². The van der Waals surface area contributed by atoms with Gasteiger partial charge in [-0.15, -0.1) is 0 Å². The number of nitrogen functional groups attached to an aromatic ring is 1. The Morgan fingerprint density at radius 2 is 1.82 bits per heavy atom. The van der Waals surface area contributed by atoms with E-state index in [9.17, 15) is 13.6 Å². The van der Waals surface area contributed by atoms with Crippen molar-refractivity contribution in [1.29, 1.82) is 0 Å². The molecule has 1 aliphatic rings. The largest absolute Gasteiger partial charge is 0.397 e. The first-order valence-electron chi connectivity index (χ1n) is 12.5. The van der Waals surface area contributed by atoms with Crippen LogP contribution in [0.4, 0.5) is 25.8 Å². The summed E-state index contributed by atoms with van der Waals surface area (Å²) in [7, 11) is 2.11. The SMILES string of the molecule is C=C(Nc1ccc(F)c(F)c1)N(CCN1CCN(C)CC1)Cc1ccc(C(=O)Nc2ccccc2N)nc1. The number of hydrogen-bond donors (Lipinski definition) is 3. The molecular formula is C28H33F2N7O. The van der Waals surface area contributed by atoms with Gasteiger partial charge < -0.3 is 26.2 Å². The minimum Gasteiger partial charge on any atom is -0.397 e. The number of likely N-dealkylation sites (N-methyl/N-ethyl adjacent to an activating group) is 1. The molecule has 0 atom stereocenters. The third-order valence-corrected chi connectivity index (χ3v) is 6.51. The second-order valence-electron chi connectivity index (χ2n) is 9.36. The van der Waals surface area contributed by atoms with E-state index < -0.39 is 11.6 Å². The fourth-order valence-corrected chi connectivity index (χ4v) is 4.13. The monoisotopic (exact) mass is 521 g/mol. The van der Waals surface area contributed by atoms with Crippen LogP contribution < -0.4 is 16.4 Å². The smallest absolute Gasteiger partial charge is 0.274 e. The van der Waals surface area contributed by atoms with Crippen LogP contribution in [0.2, 0.25) is 0 Å². The summed E-state index contributed by atoms with van der Waals surface area (Å²) in [5, 5.41) is 5.86. The summed E-state index contributed by atoms with van der Waals surface area (Å²) in [4.78, 5) is 23.7. The van der Waals surface area contributed by atoms with Gasteiger partial charge in [0.1, 0.15) is 5.69 Å². The fraction of sp³-hybridized carbons (Fsp3) is 0.286. The summed E-state index contributed by atoms with van der Waals surface area (Å²) in [6.45, 7) is 10.1. The third-order valence-electron chi connectivity index (χ3n) is 6.51. The average Bonchev–Trinajstić information content (AvgIpc) is 2.91. The van der Waals surface area contributed by atoms with E-state index >= 15 is 0 Å². The molecule has 200 valence electrons. The third kappa shape index (κ3) is 7.27. The first-order valence-corrected chi connectivity index (χ1v) is 12.5. The highest BCUT2D eigenvalue weighted by Gasteiger charge is 2.17. The van der Waals surface area contributed by atoms with E-state index in [1.807, 2.05) is 11.0 Å². The number of aromatic nitrogens is 1. The lowest BCUT2D eigenvalue weighted by atomic mass is 10.2. The number of nitrogens with one attached hydrogen (secondary N) is 2. The number of carbonyl (C=O) groups excluding carboxylic acids is 1. The van der Waals surface area contributed by atoms with Gasteiger partial charge in [0.15, 0.2) is 11.6 Å². The molecule has 4 rings (SSSR count). The summed E-state index contributed by atoms with van der Waals surface area (Å²) in [5.74, 6) is -1.64. The van der Waals surface area contributed by atoms with Crippen LogP contribution in [-0.4, -0.2) is 71.9 Å². The Morgan fingerprint density at radius 3 is 2.50 bits per heavy atom. The molecule has 10 heteroatoms. The Labute approximate surface area is 221 Å². The molecule has 0 unspecified atom stereocenters. The zero-order valence-electron chi connectivity index (χ0n) is 21.5. The van der Waals surface area contributed by atoms with Crippen LogP contribution in [0.5, 0.6) is 0 Å². The Bertz CT molecular complexity index is 1260. The van der Waals surface area contributed by atoms with E-state index in [4.69, 9.17) is 5.73 Å². The number of hydrogen-bond acceptors (Lipinski definition) is 7. The van der Waals surface area contributed by atoms with Gasteiger partial charge in [-0.25, -0.2) is 8.78 Å². The number of carbonyl (C=O) groups is 1. The summed E-state index contributed by atoms with van der Waals surface area (Å²) in [6.07, 6.45) is 1.65. The number of nitrogens with zero attached hydrogens (tertiary/aromatic N) is 4. The van der Waals surface area contributed by atoms with Gasteiger partial charge in [-0.2, -0.15) is 0 Å². The standard InChI is InChI=1S/C28H33F2N7O/c1-20(33-22-8-9-23(29)24(30)17-22)37(16-15-36-13-11-35(2)12-14-36)19-21-7-10-27(32-18-21)28(38)34-26-6-4-3-5-25(26)31/h3-10,17-18,33H,1,11-16,19,31H2,2H3,(H,34,38). The Morgan fingerprint density at radius 1 is 1.05 bits per heavy atom. The molecule has 2 heterocycles. The quantitative estimate of drug-likeness (QED) is 0.350. The molecular weight excluding hydrogens is 488 g/mol. The predicted octanol–water partition coefficient (Wildman–Crippen LogP) is 3.83. The number of nitrogens with two attached hydrogens (primary N) is 1. The Balaban J connectivity index is 1.43. The van der Waals surface area contributed by atoms with E-state index in [1.54, 1.807) is 36.5 Å². The molecule has 0 aliphatic carbocycles. The second-order valence-corrected chi connectivity index (χ2v) is 9.36. The van der Waals surface area contributed by atoms with E-state index in [2.05, 4.69) is 39.0 Å². The molecule has 2 aromatic carbocycles. The lowest BCUT2D eigenvalue weighted by Crippen LogP contribution is -2.47. The molecule has 0 spiro atoms. The lowest BCUT2D eigenvalue weighted by molar-refractivity contribution is 0.102. The van der Waals surface area contributed by atoms with E-state index in [-0.39, 0.29) is 11.6 Å². The number of benzene rings is 2. The van der Waals surface area contributed by atoms with Crippen molar-refractivity contribution < 1.29 is 13.6 Å². The van der Waals surface area contributed by atoms with Crippen LogP contribution in [-0.2, 0) is 6.54 Å². The van der Waals surface area contributed by atoms with Gasteiger partial charge in [-0.05, 0) is 42.9 Å². The van der Waals surface area contributed by atoms with Gasteiger partial charge >= 0.3 is 0 Å². The maximum absolute atomic E-state index is 13.7. The van der Waals surface area contributed by atoms with Crippen LogP contribution in [0.1, 0.15) is 16.1 Å². The normalized spacial score (nSPS) is 14.2. The highest BCUT2D eigenvalue weighted by molar-refractivity contribution is 6.04. The first kappa shape index (κ1) is 27.0. The zero-order chi connectivity index (χ0) is 27.1. The number of amides is 1. The molecule has 3 aromatic rings. The molecule has 1 amide bonds. The van der Waals surface area contributed by atoms with Gasteiger partial charge in [0.2, 0.25) is 0 Å². The molecule has 0 bridgehead atoms. The summed E-state index contributed by atoms with van der Waals surface area (Å²) < 4.78 is 27.1. The maximum Gasteiger partial charge on any atom is 0.274 e. The highest BCUT2D eigenvalue weighted by Crippen LogP contribution is 2.19. The molecule has 8 nitrogen and oxygen atoms in total. The summed E-state index contributed by atoms with van der Waals surface area (Å²) in [6, 6.07) is 14.2. The predicted molar refractivity (Wildman–Crippen MR) is 147 cm³/mol. The highest BCUT2D eigenvalue weighted by atomic mass is 19.2. The van der Waals surface area contributed by atoms with Gasteiger partial charge in [0.05, 0.1) is 17.2 Å². The maximum atomic E-state index is 13.7. The van der Waals surface area contributed by atoms with Crippen molar-refractivity contribution in [3.05, 3.63) is 96.1 Å². The number of rotatable bonds is 10. The minimum atomic E-state index is -0.929. The van der Waals surface area contributed by atoms with Crippen molar-refractivity contribution in [3.8, 4) is 0 Å². The van der Waals surface area contributed by atoms with Crippen LogP contribution in [0, 0.1) is 11.6 Å². The van der Waals surface area contributed by atoms with Gasteiger partial charge in [0, 0.05) is 63.8 Å². The molecule has 0 saturated carbocycles. The van der Waals surface area contributed by atoms with Crippen molar-refractivity contribution in [3.63, 3.8) is 0 Å². The topological polar surface area (TPSA) is 89.8 Å². The van der Waals surface area contributed by atoms with Crippen LogP contribution in [0.15, 0.2) is 73.2 Å². The number of pyridine rings is 1. The van der Waals surface area contributed by atoms with Crippen molar-refractivity contribution in [2.24, 2.45) is 0 Å². The van der Waals surface area contributed by atoms with Crippen molar-refractivity contribution in [2.45, 2.75) is 6.54 Å². The van der Waals surface area contributed by atoms with Crippen molar-refractivity contribution in [2.75, 3.05) is 62.7 Å². The number of anilines is 3. The molecule has 1 saturated heterocycles. The average molecular weight is 522 g/mol. The molecule has 4 N–H and O–H groups in total. The zero-order valence-corrected chi connectivity index (χ0v) is 21.5. The molecule has 1 aromatic heterocycles. The molecule has 0 radical (unpaired) electrons. The van der Waals surface area contributed by atoms with Crippen LogP contribution in [0.25, 0.3) is 0 Å². The van der Waals surface area contributed by atoms with Crippen molar-refractivity contribution >= 4 is 23.0 Å². The van der Waals surface area contributed by atoms with Gasteiger partial charge in [-0.1, -0.05) is 24.8 Å². The van der Waals surface area contributed by atoms with E-state index in [0.717, 1.165) is 50.4 Å². The van der Waals surface area contributed by atoms with Crippen LogP contribution >= 0.6 is 0 Å². The Hall–Kier alpha value is -4.02. The van der Waals surface area contributed by atoms with E-state index in [0.29, 0.717) is 36.0 Å². The molecule has 1 aliphatic heterocycles. The Kier molecular flexibility index (Phi) is 8.88. The summed E-state index contributed by atoms with van der Waals surface area (Å²) >= 11 is 0. The number of halogens is 2. The van der Waals surface area contributed by atoms with Crippen molar-refractivity contribution in [1.82, 2.24) is 19.7 Å². The summed E-state index contributed by atoms with van der Waals surface area (Å²) in [5.41, 5.74) is 8.45. The van der Waals surface area contributed by atoms with E-state index in [1.165, 1.54) is 6.07 Å².